The van der Waals surface area contributed by atoms with Gasteiger partial charge in [-0.25, -0.2) is 0 Å². The van der Waals surface area contributed by atoms with E-state index in [1.165, 1.54) is 34.4 Å². The fraction of sp³-hybridized carbons (Fsp3) is 0.368. The molecule has 2 aromatic rings. The van der Waals surface area contributed by atoms with Gasteiger partial charge in [0, 0.05) is 31.9 Å². The summed E-state index contributed by atoms with van der Waals surface area (Å²) in [5.74, 6) is 0. The Morgan fingerprint density at radius 3 is 2.81 bits per heavy atom. The fourth-order valence-electron chi connectivity index (χ4n) is 3.18. The lowest BCUT2D eigenvalue weighted by Crippen LogP contribution is -2.19. The quantitative estimate of drug-likeness (QED) is 0.915. The van der Waals surface area contributed by atoms with Crippen molar-refractivity contribution in [1.82, 2.24) is 5.32 Å². The number of likely N-dealkylation sites (N-methyl/N-ethyl adjacent to an activating group) is 1. The molecule has 1 N–H and O–H groups in total. The van der Waals surface area contributed by atoms with Gasteiger partial charge in [-0.2, -0.15) is 0 Å². The van der Waals surface area contributed by atoms with Crippen LogP contribution in [0.2, 0.25) is 0 Å². The number of anilines is 1. The number of benzene rings is 2. The van der Waals surface area contributed by atoms with Crippen molar-refractivity contribution in [2.75, 3.05) is 18.5 Å². The normalized spacial score (nSPS) is 15.1. The van der Waals surface area contributed by atoms with Crippen molar-refractivity contribution in [3.63, 3.8) is 0 Å². The molecule has 0 aromatic heterocycles. The summed E-state index contributed by atoms with van der Waals surface area (Å²) in [6.45, 7) is 6.49. The van der Waals surface area contributed by atoms with Gasteiger partial charge in [0.1, 0.15) is 0 Å². The molecule has 0 spiro atoms. The van der Waals surface area contributed by atoms with Crippen molar-refractivity contribution in [2.45, 2.75) is 32.9 Å². The molecule has 0 saturated heterocycles. The Kier molecular flexibility index (Phi) is 3.98. The number of nitrogens with zero attached hydrogens (tertiary/aromatic N) is 1. The Morgan fingerprint density at radius 2 is 2.00 bits per heavy atom. The third-order valence-corrected chi connectivity index (χ3v) is 4.54. The minimum Gasteiger partial charge on any atom is -0.374 e. The SMILES string of the molecule is Cc1ccccc1[C@@H](C)NCc1ccc2c(c1)CCN2C. The Hall–Kier alpha value is -1.80. The van der Waals surface area contributed by atoms with E-state index in [1.807, 2.05) is 0 Å². The van der Waals surface area contributed by atoms with Gasteiger partial charge in [-0.05, 0) is 48.6 Å². The predicted octanol–water partition coefficient (Wildman–Crippen LogP) is 3.84. The lowest BCUT2D eigenvalue weighted by molar-refractivity contribution is 0.572. The van der Waals surface area contributed by atoms with E-state index in [2.05, 4.69) is 73.6 Å². The second-order valence-corrected chi connectivity index (χ2v) is 6.09. The van der Waals surface area contributed by atoms with Crippen LogP contribution in [-0.4, -0.2) is 13.6 Å². The van der Waals surface area contributed by atoms with Crippen molar-refractivity contribution in [1.29, 1.82) is 0 Å². The smallest absolute Gasteiger partial charge is 0.0397 e. The van der Waals surface area contributed by atoms with Crippen LogP contribution in [0.4, 0.5) is 5.69 Å². The maximum Gasteiger partial charge on any atom is 0.0397 e. The van der Waals surface area contributed by atoms with E-state index in [9.17, 15) is 0 Å². The number of hydrogen-bond donors (Lipinski definition) is 1. The molecule has 1 aliphatic rings. The molecule has 2 heteroatoms. The van der Waals surface area contributed by atoms with Crippen molar-refractivity contribution in [2.24, 2.45) is 0 Å². The van der Waals surface area contributed by atoms with Crippen LogP contribution < -0.4 is 10.2 Å². The number of nitrogens with one attached hydrogen (secondary N) is 1. The summed E-state index contributed by atoms with van der Waals surface area (Å²) >= 11 is 0. The van der Waals surface area contributed by atoms with Crippen LogP contribution in [0.1, 0.15) is 35.2 Å². The fourth-order valence-corrected chi connectivity index (χ4v) is 3.18. The average molecular weight is 280 g/mol. The van der Waals surface area contributed by atoms with Crippen LogP contribution in [-0.2, 0) is 13.0 Å². The molecule has 2 aromatic carbocycles. The summed E-state index contributed by atoms with van der Waals surface area (Å²) in [7, 11) is 2.17. The Bertz CT molecular complexity index is 633. The first-order chi connectivity index (χ1) is 10.1. The van der Waals surface area contributed by atoms with Gasteiger partial charge in [0.05, 0.1) is 0 Å². The number of hydrogen-bond acceptors (Lipinski definition) is 2. The molecule has 1 aliphatic heterocycles. The lowest BCUT2D eigenvalue weighted by Gasteiger charge is -2.17. The van der Waals surface area contributed by atoms with Gasteiger partial charge in [0.25, 0.3) is 0 Å². The highest BCUT2D eigenvalue weighted by atomic mass is 15.1. The number of aryl methyl sites for hydroxylation is 1. The predicted molar refractivity (Wildman–Crippen MR) is 89.8 cm³/mol. The second-order valence-electron chi connectivity index (χ2n) is 6.09. The first-order valence-electron chi connectivity index (χ1n) is 7.77. The molecule has 0 aliphatic carbocycles. The van der Waals surface area contributed by atoms with Crippen LogP contribution in [0.15, 0.2) is 42.5 Å². The Labute approximate surface area is 127 Å². The van der Waals surface area contributed by atoms with Crippen LogP contribution in [0.5, 0.6) is 0 Å². The zero-order valence-corrected chi connectivity index (χ0v) is 13.2. The van der Waals surface area contributed by atoms with Gasteiger partial charge in [-0.3, -0.25) is 0 Å². The summed E-state index contributed by atoms with van der Waals surface area (Å²) in [5.41, 5.74) is 7.00. The summed E-state index contributed by atoms with van der Waals surface area (Å²) in [6, 6.07) is 15.9. The highest BCUT2D eigenvalue weighted by Crippen LogP contribution is 2.27. The molecule has 0 unspecified atom stereocenters. The molecule has 0 amide bonds. The van der Waals surface area contributed by atoms with Gasteiger partial charge >= 0.3 is 0 Å². The van der Waals surface area contributed by atoms with Crippen LogP contribution in [0, 0.1) is 6.92 Å². The summed E-state index contributed by atoms with van der Waals surface area (Å²) < 4.78 is 0. The van der Waals surface area contributed by atoms with Crippen LogP contribution >= 0.6 is 0 Å². The van der Waals surface area contributed by atoms with Crippen molar-refractivity contribution >= 4 is 5.69 Å². The molecule has 1 heterocycles. The zero-order valence-electron chi connectivity index (χ0n) is 13.2. The van der Waals surface area contributed by atoms with E-state index < -0.39 is 0 Å². The maximum absolute atomic E-state index is 3.64. The molecule has 0 saturated carbocycles. The van der Waals surface area contributed by atoms with Crippen molar-refractivity contribution < 1.29 is 0 Å². The molecular weight excluding hydrogens is 256 g/mol. The topological polar surface area (TPSA) is 15.3 Å². The average Bonchev–Trinajstić information content (AvgIpc) is 2.86. The number of fused-ring (bicyclic) bond motifs is 1. The first-order valence-corrected chi connectivity index (χ1v) is 7.77. The van der Waals surface area contributed by atoms with E-state index in [0.717, 1.165) is 13.1 Å². The zero-order chi connectivity index (χ0) is 14.8. The van der Waals surface area contributed by atoms with Crippen molar-refractivity contribution in [3.8, 4) is 0 Å². The maximum atomic E-state index is 3.64. The number of rotatable bonds is 4. The largest absolute Gasteiger partial charge is 0.374 e. The summed E-state index contributed by atoms with van der Waals surface area (Å²) in [5, 5.41) is 3.64. The highest BCUT2D eigenvalue weighted by molar-refractivity contribution is 5.58. The molecule has 2 nitrogen and oxygen atoms in total. The van der Waals surface area contributed by atoms with Gasteiger partial charge in [-0.15, -0.1) is 0 Å². The molecule has 3 rings (SSSR count). The first kappa shape index (κ1) is 14.2. The van der Waals surface area contributed by atoms with Gasteiger partial charge in [-0.1, -0.05) is 36.4 Å². The minimum absolute atomic E-state index is 0.377. The summed E-state index contributed by atoms with van der Waals surface area (Å²) in [6.07, 6.45) is 1.17. The third kappa shape index (κ3) is 2.96. The molecule has 1 atom stereocenters. The van der Waals surface area contributed by atoms with Crippen LogP contribution in [0.3, 0.4) is 0 Å². The van der Waals surface area contributed by atoms with Gasteiger partial charge in [0.15, 0.2) is 0 Å². The van der Waals surface area contributed by atoms with E-state index in [1.54, 1.807) is 0 Å². The molecule has 110 valence electrons. The molecular formula is C19H24N2. The second kappa shape index (κ2) is 5.90. The Morgan fingerprint density at radius 1 is 1.19 bits per heavy atom. The van der Waals surface area contributed by atoms with Gasteiger partial charge < -0.3 is 10.2 Å². The standard InChI is InChI=1S/C19H24N2/c1-14-6-4-5-7-18(14)15(2)20-13-16-8-9-19-17(12-16)10-11-21(19)3/h4-9,12,15,20H,10-11,13H2,1-3H3/t15-/m1/s1. The van der Waals surface area contributed by atoms with Gasteiger partial charge in [0.2, 0.25) is 0 Å². The molecule has 0 bridgehead atoms. The van der Waals surface area contributed by atoms with E-state index in [0.29, 0.717) is 6.04 Å². The molecule has 0 fully saturated rings. The molecule has 0 radical (unpaired) electrons. The monoisotopic (exact) mass is 280 g/mol. The van der Waals surface area contributed by atoms with E-state index >= 15 is 0 Å². The third-order valence-electron chi connectivity index (χ3n) is 4.54. The van der Waals surface area contributed by atoms with E-state index in [-0.39, 0.29) is 0 Å². The van der Waals surface area contributed by atoms with Crippen molar-refractivity contribution in [3.05, 3.63) is 64.7 Å². The Balaban J connectivity index is 1.67. The van der Waals surface area contributed by atoms with E-state index in [4.69, 9.17) is 0 Å². The lowest BCUT2D eigenvalue weighted by atomic mass is 10.0. The minimum atomic E-state index is 0.377. The van der Waals surface area contributed by atoms with Crippen LogP contribution in [0.25, 0.3) is 0 Å². The highest BCUT2D eigenvalue weighted by Gasteiger charge is 2.15. The molecule has 21 heavy (non-hydrogen) atoms. The summed E-state index contributed by atoms with van der Waals surface area (Å²) in [4.78, 5) is 2.34.